The van der Waals surface area contributed by atoms with Crippen molar-refractivity contribution in [1.29, 1.82) is 0 Å². The third kappa shape index (κ3) is 4.11. The van der Waals surface area contributed by atoms with Crippen LogP contribution in [0.3, 0.4) is 0 Å². The van der Waals surface area contributed by atoms with Crippen LogP contribution in [0, 0.1) is 0 Å². The van der Waals surface area contributed by atoms with Crippen molar-refractivity contribution in [3.8, 4) is 5.75 Å². The smallest absolute Gasteiger partial charge is 0.315 e. The standard InChI is InChI=1S/C12H14O4S/c1-15-11-4-3-9(6-13)5-10(11)7-17-8-12(14)16-2/h3-6H,7-8H2,1-2H3. The average molecular weight is 254 g/mol. The highest BCUT2D eigenvalue weighted by Crippen LogP contribution is 2.24. The Morgan fingerprint density at radius 3 is 2.76 bits per heavy atom. The van der Waals surface area contributed by atoms with E-state index in [9.17, 15) is 9.59 Å². The fourth-order valence-corrected chi connectivity index (χ4v) is 2.12. The van der Waals surface area contributed by atoms with Crippen LogP contribution in [-0.2, 0) is 15.3 Å². The molecule has 0 heterocycles. The molecule has 17 heavy (non-hydrogen) atoms. The topological polar surface area (TPSA) is 52.6 Å². The Hall–Kier alpha value is -1.49. The number of methoxy groups -OCH3 is 2. The van der Waals surface area contributed by atoms with Crippen LogP contribution in [0.4, 0.5) is 0 Å². The number of hydrogen-bond acceptors (Lipinski definition) is 5. The van der Waals surface area contributed by atoms with Crippen LogP contribution >= 0.6 is 11.8 Å². The number of carbonyl (C=O) groups excluding carboxylic acids is 2. The second-order valence-corrected chi connectivity index (χ2v) is 4.24. The van der Waals surface area contributed by atoms with Crippen molar-refractivity contribution in [2.45, 2.75) is 5.75 Å². The average Bonchev–Trinajstić information content (AvgIpc) is 2.38. The van der Waals surface area contributed by atoms with Crippen molar-refractivity contribution in [2.24, 2.45) is 0 Å². The summed E-state index contributed by atoms with van der Waals surface area (Å²) in [6.45, 7) is 0. The summed E-state index contributed by atoms with van der Waals surface area (Å²) in [7, 11) is 2.93. The zero-order chi connectivity index (χ0) is 12.7. The molecule has 0 aromatic heterocycles. The summed E-state index contributed by atoms with van der Waals surface area (Å²) < 4.78 is 9.73. The molecule has 92 valence electrons. The second-order valence-electron chi connectivity index (χ2n) is 3.26. The van der Waals surface area contributed by atoms with E-state index >= 15 is 0 Å². The van der Waals surface area contributed by atoms with Gasteiger partial charge in [-0.15, -0.1) is 11.8 Å². The van der Waals surface area contributed by atoms with E-state index in [0.29, 0.717) is 17.1 Å². The molecule has 1 aromatic rings. The molecule has 0 atom stereocenters. The molecule has 5 heteroatoms. The van der Waals surface area contributed by atoms with E-state index in [0.717, 1.165) is 11.8 Å². The minimum atomic E-state index is -0.263. The molecule has 0 unspecified atom stereocenters. The molecule has 0 N–H and O–H groups in total. The lowest BCUT2D eigenvalue weighted by Crippen LogP contribution is -2.03. The first-order valence-corrected chi connectivity index (χ1v) is 6.13. The van der Waals surface area contributed by atoms with E-state index in [4.69, 9.17) is 4.74 Å². The molecule has 0 aliphatic rings. The third-order valence-corrected chi connectivity index (χ3v) is 3.10. The van der Waals surface area contributed by atoms with Crippen LogP contribution in [0.5, 0.6) is 5.75 Å². The Morgan fingerprint density at radius 2 is 2.18 bits per heavy atom. The molecule has 0 saturated carbocycles. The zero-order valence-corrected chi connectivity index (χ0v) is 10.6. The molecular weight excluding hydrogens is 240 g/mol. The summed E-state index contributed by atoms with van der Waals surface area (Å²) in [4.78, 5) is 21.6. The Kier molecular flexibility index (Phi) is 5.56. The van der Waals surface area contributed by atoms with E-state index in [-0.39, 0.29) is 11.7 Å². The van der Waals surface area contributed by atoms with Crippen LogP contribution in [0.15, 0.2) is 18.2 Å². The van der Waals surface area contributed by atoms with Gasteiger partial charge in [-0.1, -0.05) is 0 Å². The van der Waals surface area contributed by atoms with Gasteiger partial charge in [-0.2, -0.15) is 0 Å². The minimum absolute atomic E-state index is 0.263. The number of thioether (sulfide) groups is 1. The maximum atomic E-state index is 10.9. The molecule has 0 aliphatic carbocycles. The number of ether oxygens (including phenoxy) is 2. The number of carbonyl (C=O) groups is 2. The zero-order valence-electron chi connectivity index (χ0n) is 9.76. The lowest BCUT2D eigenvalue weighted by molar-refractivity contribution is -0.137. The molecule has 0 saturated heterocycles. The van der Waals surface area contributed by atoms with E-state index in [1.165, 1.54) is 18.9 Å². The molecule has 1 aromatic carbocycles. The van der Waals surface area contributed by atoms with Gasteiger partial charge in [-0.25, -0.2) is 0 Å². The molecule has 0 amide bonds. The van der Waals surface area contributed by atoms with E-state index in [2.05, 4.69) is 4.74 Å². The van der Waals surface area contributed by atoms with Crippen LogP contribution in [0.25, 0.3) is 0 Å². The molecule has 0 bridgehead atoms. The van der Waals surface area contributed by atoms with Gasteiger partial charge in [-0.05, 0) is 18.2 Å². The normalized spacial score (nSPS) is 9.76. The van der Waals surface area contributed by atoms with Crippen molar-refractivity contribution in [3.05, 3.63) is 29.3 Å². The predicted molar refractivity (Wildman–Crippen MR) is 66.6 cm³/mol. The predicted octanol–water partition coefficient (Wildman–Crippen LogP) is 1.91. The Morgan fingerprint density at radius 1 is 1.41 bits per heavy atom. The summed E-state index contributed by atoms with van der Waals surface area (Å²) in [6.07, 6.45) is 0.786. The van der Waals surface area contributed by atoms with Crippen molar-refractivity contribution < 1.29 is 19.1 Å². The first-order valence-electron chi connectivity index (χ1n) is 4.98. The maximum Gasteiger partial charge on any atom is 0.315 e. The Bertz CT molecular complexity index is 403. The minimum Gasteiger partial charge on any atom is -0.496 e. The van der Waals surface area contributed by atoms with E-state index < -0.39 is 0 Å². The third-order valence-electron chi connectivity index (χ3n) is 2.15. The molecule has 1 rings (SSSR count). The van der Waals surface area contributed by atoms with Crippen LogP contribution in [-0.4, -0.2) is 32.2 Å². The van der Waals surface area contributed by atoms with Gasteiger partial charge < -0.3 is 9.47 Å². The van der Waals surface area contributed by atoms with Crippen LogP contribution in [0.1, 0.15) is 15.9 Å². The lowest BCUT2D eigenvalue weighted by atomic mass is 10.1. The van der Waals surface area contributed by atoms with E-state index in [1.54, 1.807) is 25.3 Å². The van der Waals surface area contributed by atoms with Crippen molar-refractivity contribution >= 4 is 24.0 Å². The Labute approximate surface area is 104 Å². The van der Waals surface area contributed by atoms with Crippen LogP contribution in [0.2, 0.25) is 0 Å². The molecule has 0 aliphatic heterocycles. The highest BCUT2D eigenvalue weighted by atomic mass is 32.2. The fourth-order valence-electron chi connectivity index (χ4n) is 1.29. The molecule has 0 fully saturated rings. The van der Waals surface area contributed by atoms with Crippen molar-refractivity contribution in [3.63, 3.8) is 0 Å². The highest BCUT2D eigenvalue weighted by molar-refractivity contribution is 7.99. The van der Waals surface area contributed by atoms with Gasteiger partial charge in [0.1, 0.15) is 12.0 Å². The van der Waals surface area contributed by atoms with E-state index in [1.807, 2.05) is 0 Å². The van der Waals surface area contributed by atoms with Gasteiger partial charge in [-0.3, -0.25) is 9.59 Å². The number of aldehydes is 1. The quantitative estimate of drug-likeness (QED) is 0.573. The number of rotatable bonds is 6. The first kappa shape index (κ1) is 13.6. The monoisotopic (exact) mass is 254 g/mol. The number of benzene rings is 1. The van der Waals surface area contributed by atoms with Gasteiger partial charge in [0, 0.05) is 16.9 Å². The molecule has 0 spiro atoms. The van der Waals surface area contributed by atoms with Gasteiger partial charge in [0.25, 0.3) is 0 Å². The molecule has 4 nitrogen and oxygen atoms in total. The second kappa shape index (κ2) is 6.96. The van der Waals surface area contributed by atoms with Crippen LogP contribution < -0.4 is 4.74 Å². The highest BCUT2D eigenvalue weighted by Gasteiger charge is 2.06. The van der Waals surface area contributed by atoms with Gasteiger partial charge in [0.2, 0.25) is 0 Å². The summed E-state index contributed by atoms with van der Waals surface area (Å²) in [5.41, 5.74) is 1.49. The largest absolute Gasteiger partial charge is 0.496 e. The summed E-state index contributed by atoms with van der Waals surface area (Å²) in [5.74, 6) is 1.33. The number of hydrogen-bond donors (Lipinski definition) is 0. The molecular formula is C12H14O4S. The Balaban J connectivity index is 2.67. The van der Waals surface area contributed by atoms with Gasteiger partial charge in [0.05, 0.1) is 20.0 Å². The SMILES string of the molecule is COC(=O)CSCc1cc(C=O)ccc1OC. The lowest BCUT2D eigenvalue weighted by Gasteiger charge is -2.08. The van der Waals surface area contributed by atoms with Crippen molar-refractivity contribution in [1.82, 2.24) is 0 Å². The summed E-state index contributed by atoms with van der Waals surface area (Å²) in [5, 5.41) is 0. The molecule has 0 radical (unpaired) electrons. The summed E-state index contributed by atoms with van der Waals surface area (Å²) >= 11 is 1.42. The first-order chi connectivity index (χ1) is 8.21. The van der Waals surface area contributed by atoms with Gasteiger partial charge >= 0.3 is 5.97 Å². The number of esters is 1. The fraction of sp³-hybridized carbons (Fsp3) is 0.333. The maximum absolute atomic E-state index is 10.9. The van der Waals surface area contributed by atoms with Crippen molar-refractivity contribution in [2.75, 3.05) is 20.0 Å². The summed E-state index contributed by atoms with van der Waals surface area (Å²) in [6, 6.07) is 5.20. The van der Waals surface area contributed by atoms with Gasteiger partial charge in [0.15, 0.2) is 0 Å².